The SMILES string of the molecule is CNC1CCN(C(=O)C2CCCO2)c2ccccc21. The molecule has 2 atom stereocenters. The summed E-state index contributed by atoms with van der Waals surface area (Å²) in [5.74, 6) is 0.125. The summed E-state index contributed by atoms with van der Waals surface area (Å²) in [7, 11) is 1.97. The van der Waals surface area contributed by atoms with E-state index in [2.05, 4.69) is 11.4 Å². The molecule has 1 saturated heterocycles. The number of benzene rings is 1. The second-order valence-electron chi connectivity index (χ2n) is 5.18. The predicted octanol–water partition coefficient (Wildman–Crippen LogP) is 1.86. The number of anilines is 1. The molecule has 1 N–H and O–H groups in total. The lowest BCUT2D eigenvalue weighted by atomic mass is 9.96. The molecule has 4 nitrogen and oxygen atoms in total. The molecule has 2 aliphatic rings. The van der Waals surface area contributed by atoms with Crippen LogP contribution in [0.4, 0.5) is 5.69 Å². The van der Waals surface area contributed by atoms with Gasteiger partial charge in [0.15, 0.2) is 0 Å². The standard InChI is InChI=1S/C15H20N2O2/c1-16-12-8-9-17(13-6-3-2-5-11(12)13)15(18)14-7-4-10-19-14/h2-3,5-6,12,14,16H,4,7-10H2,1H3. The number of para-hydroxylation sites is 1. The molecule has 4 heteroatoms. The minimum Gasteiger partial charge on any atom is -0.368 e. The first-order chi connectivity index (χ1) is 9.31. The van der Waals surface area contributed by atoms with Crippen LogP contribution in [0.25, 0.3) is 0 Å². The van der Waals surface area contributed by atoms with Crippen molar-refractivity contribution in [2.45, 2.75) is 31.4 Å². The van der Waals surface area contributed by atoms with Crippen molar-refractivity contribution in [2.75, 3.05) is 25.1 Å². The molecular weight excluding hydrogens is 240 g/mol. The number of hydrogen-bond donors (Lipinski definition) is 1. The van der Waals surface area contributed by atoms with Gasteiger partial charge in [-0.25, -0.2) is 0 Å². The highest BCUT2D eigenvalue weighted by Gasteiger charge is 2.33. The van der Waals surface area contributed by atoms with Gasteiger partial charge in [-0.15, -0.1) is 0 Å². The molecular formula is C15H20N2O2. The second kappa shape index (κ2) is 5.31. The zero-order valence-electron chi connectivity index (χ0n) is 11.3. The third kappa shape index (κ3) is 2.26. The van der Waals surface area contributed by atoms with Gasteiger partial charge in [0.25, 0.3) is 5.91 Å². The summed E-state index contributed by atoms with van der Waals surface area (Å²) in [5.41, 5.74) is 2.25. The number of ether oxygens (including phenoxy) is 1. The number of fused-ring (bicyclic) bond motifs is 1. The molecule has 102 valence electrons. The Hall–Kier alpha value is -1.39. The van der Waals surface area contributed by atoms with E-state index in [0.29, 0.717) is 12.6 Å². The predicted molar refractivity (Wildman–Crippen MR) is 74.2 cm³/mol. The number of nitrogens with zero attached hydrogens (tertiary/aromatic N) is 1. The van der Waals surface area contributed by atoms with Gasteiger partial charge in [-0.05, 0) is 37.9 Å². The summed E-state index contributed by atoms with van der Waals surface area (Å²) in [6.45, 7) is 1.48. The quantitative estimate of drug-likeness (QED) is 0.882. The highest BCUT2D eigenvalue weighted by molar-refractivity contribution is 5.97. The minimum absolute atomic E-state index is 0.125. The van der Waals surface area contributed by atoms with E-state index in [-0.39, 0.29) is 12.0 Å². The van der Waals surface area contributed by atoms with E-state index in [0.717, 1.165) is 31.5 Å². The van der Waals surface area contributed by atoms with Crippen LogP contribution in [0.5, 0.6) is 0 Å². The number of carbonyl (C=O) groups excluding carboxylic acids is 1. The van der Waals surface area contributed by atoms with Gasteiger partial charge in [-0.2, -0.15) is 0 Å². The average molecular weight is 260 g/mol. The highest BCUT2D eigenvalue weighted by Crippen LogP contribution is 2.34. The van der Waals surface area contributed by atoms with Crippen LogP contribution in [0, 0.1) is 0 Å². The van der Waals surface area contributed by atoms with Crippen LogP contribution in [-0.2, 0) is 9.53 Å². The fourth-order valence-corrected chi connectivity index (χ4v) is 3.04. The topological polar surface area (TPSA) is 41.6 Å². The minimum atomic E-state index is -0.237. The molecule has 1 amide bonds. The van der Waals surface area contributed by atoms with E-state index in [1.165, 1.54) is 5.56 Å². The Balaban J connectivity index is 1.89. The van der Waals surface area contributed by atoms with E-state index < -0.39 is 0 Å². The van der Waals surface area contributed by atoms with Crippen LogP contribution < -0.4 is 10.2 Å². The van der Waals surface area contributed by atoms with Crippen molar-refractivity contribution in [1.82, 2.24) is 5.32 Å². The molecule has 19 heavy (non-hydrogen) atoms. The monoisotopic (exact) mass is 260 g/mol. The summed E-state index contributed by atoms with van der Waals surface area (Å²) in [5, 5.41) is 3.32. The number of nitrogens with one attached hydrogen (secondary N) is 1. The summed E-state index contributed by atoms with van der Waals surface area (Å²) in [4.78, 5) is 14.4. The highest BCUT2D eigenvalue weighted by atomic mass is 16.5. The Morgan fingerprint density at radius 2 is 2.21 bits per heavy atom. The van der Waals surface area contributed by atoms with Crippen LogP contribution >= 0.6 is 0 Å². The normalized spacial score (nSPS) is 26.3. The molecule has 0 saturated carbocycles. The Bertz CT molecular complexity index is 469. The Morgan fingerprint density at radius 3 is 2.95 bits per heavy atom. The molecule has 0 spiro atoms. The Kier molecular flexibility index (Phi) is 3.53. The fraction of sp³-hybridized carbons (Fsp3) is 0.533. The van der Waals surface area contributed by atoms with Crippen molar-refractivity contribution >= 4 is 11.6 Å². The zero-order chi connectivity index (χ0) is 13.2. The smallest absolute Gasteiger partial charge is 0.256 e. The van der Waals surface area contributed by atoms with Gasteiger partial charge >= 0.3 is 0 Å². The molecule has 1 aromatic rings. The average Bonchev–Trinajstić information content (AvgIpc) is 2.99. The summed E-state index contributed by atoms with van der Waals surface area (Å²) >= 11 is 0. The molecule has 2 heterocycles. The molecule has 2 aliphatic heterocycles. The van der Waals surface area contributed by atoms with Crippen molar-refractivity contribution in [2.24, 2.45) is 0 Å². The van der Waals surface area contributed by atoms with Gasteiger partial charge < -0.3 is 15.0 Å². The van der Waals surface area contributed by atoms with Gasteiger partial charge in [0.2, 0.25) is 0 Å². The maximum Gasteiger partial charge on any atom is 0.256 e. The van der Waals surface area contributed by atoms with E-state index >= 15 is 0 Å². The van der Waals surface area contributed by atoms with Crippen LogP contribution in [-0.4, -0.2) is 32.2 Å². The van der Waals surface area contributed by atoms with Crippen LogP contribution in [0.2, 0.25) is 0 Å². The van der Waals surface area contributed by atoms with E-state index in [1.807, 2.05) is 30.1 Å². The van der Waals surface area contributed by atoms with Crippen molar-refractivity contribution in [3.63, 3.8) is 0 Å². The van der Waals surface area contributed by atoms with Crippen molar-refractivity contribution in [3.05, 3.63) is 29.8 Å². The second-order valence-corrected chi connectivity index (χ2v) is 5.18. The first kappa shape index (κ1) is 12.6. The number of amides is 1. The number of carbonyl (C=O) groups is 1. The Labute approximate surface area is 113 Å². The maximum atomic E-state index is 12.5. The fourth-order valence-electron chi connectivity index (χ4n) is 3.04. The van der Waals surface area contributed by atoms with Crippen molar-refractivity contribution in [1.29, 1.82) is 0 Å². The number of hydrogen-bond acceptors (Lipinski definition) is 3. The molecule has 3 rings (SSSR count). The molecule has 1 aromatic carbocycles. The van der Waals surface area contributed by atoms with Gasteiger partial charge in [-0.3, -0.25) is 4.79 Å². The van der Waals surface area contributed by atoms with Crippen LogP contribution in [0.3, 0.4) is 0 Å². The Morgan fingerprint density at radius 1 is 1.37 bits per heavy atom. The molecule has 0 aliphatic carbocycles. The van der Waals surface area contributed by atoms with Gasteiger partial charge in [-0.1, -0.05) is 18.2 Å². The van der Waals surface area contributed by atoms with E-state index in [9.17, 15) is 4.79 Å². The lowest BCUT2D eigenvalue weighted by molar-refractivity contribution is -0.127. The van der Waals surface area contributed by atoms with Gasteiger partial charge in [0, 0.05) is 24.9 Å². The van der Waals surface area contributed by atoms with Gasteiger partial charge in [0.1, 0.15) is 6.10 Å². The maximum absolute atomic E-state index is 12.5. The summed E-state index contributed by atoms with van der Waals surface area (Å²) < 4.78 is 5.53. The molecule has 0 aromatic heterocycles. The molecule has 2 unspecified atom stereocenters. The van der Waals surface area contributed by atoms with Crippen LogP contribution in [0.15, 0.2) is 24.3 Å². The van der Waals surface area contributed by atoms with Gasteiger partial charge in [0.05, 0.1) is 0 Å². The summed E-state index contributed by atoms with van der Waals surface area (Å²) in [6.07, 6.45) is 2.56. The number of rotatable bonds is 2. The largest absolute Gasteiger partial charge is 0.368 e. The van der Waals surface area contributed by atoms with E-state index in [1.54, 1.807) is 0 Å². The lowest BCUT2D eigenvalue weighted by Crippen LogP contribution is -2.44. The third-order valence-corrected chi connectivity index (χ3v) is 4.06. The molecule has 1 fully saturated rings. The van der Waals surface area contributed by atoms with Crippen molar-refractivity contribution in [3.8, 4) is 0 Å². The zero-order valence-corrected chi connectivity index (χ0v) is 11.3. The lowest BCUT2D eigenvalue weighted by Gasteiger charge is -2.35. The van der Waals surface area contributed by atoms with Crippen molar-refractivity contribution < 1.29 is 9.53 Å². The first-order valence-electron chi connectivity index (χ1n) is 7.00. The first-order valence-corrected chi connectivity index (χ1v) is 7.00. The molecule has 0 bridgehead atoms. The summed E-state index contributed by atoms with van der Waals surface area (Å²) in [6, 6.07) is 8.50. The third-order valence-electron chi connectivity index (χ3n) is 4.06. The molecule has 0 radical (unpaired) electrons. The van der Waals surface area contributed by atoms with Crippen LogP contribution in [0.1, 0.15) is 30.9 Å². The van der Waals surface area contributed by atoms with E-state index in [4.69, 9.17) is 4.74 Å².